The smallest absolute Gasteiger partial charge is 0.273 e. The van der Waals surface area contributed by atoms with Crippen molar-refractivity contribution >= 4 is 11.7 Å². The molecule has 1 aromatic carbocycles. The number of carbonyl (C=O) groups is 1. The van der Waals surface area contributed by atoms with Gasteiger partial charge in [-0.15, -0.1) is 0 Å². The number of hydrogen-bond donors (Lipinski definition) is 1. The number of aromatic nitrogens is 2. The van der Waals surface area contributed by atoms with Crippen LogP contribution in [-0.4, -0.2) is 71.1 Å². The quantitative estimate of drug-likeness (QED) is 0.754. The third-order valence-corrected chi connectivity index (χ3v) is 4.80. The second kappa shape index (κ2) is 10.1. The first kappa shape index (κ1) is 20.2. The normalized spacial score (nSPS) is 14.8. The molecule has 28 heavy (non-hydrogen) atoms. The van der Waals surface area contributed by atoms with Crippen molar-refractivity contribution in [2.45, 2.75) is 26.4 Å². The Kier molecular flexibility index (Phi) is 7.33. The van der Waals surface area contributed by atoms with Crippen molar-refractivity contribution in [1.29, 1.82) is 0 Å². The Bertz CT molecular complexity index is 747. The van der Waals surface area contributed by atoms with Gasteiger partial charge in [-0.3, -0.25) is 9.69 Å². The summed E-state index contributed by atoms with van der Waals surface area (Å²) >= 11 is 0. The van der Waals surface area contributed by atoms with E-state index in [4.69, 9.17) is 4.74 Å². The topological polar surface area (TPSA) is 70.6 Å². The highest BCUT2D eigenvalue weighted by Crippen LogP contribution is 2.14. The van der Waals surface area contributed by atoms with Gasteiger partial charge in [-0.1, -0.05) is 30.3 Å². The zero-order valence-electron chi connectivity index (χ0n) is 16.7. The molecule has 1 saturated heterocycles. The summed E-state index contributed by atoms with van der Waals surface area (Å²) in [6.07, 6.45) is 1.45. The minimum atomic E-state index is -0.0857. The molecule has 2 aromatic rings. The first-order chi connectivity index (χ1) is 13.6. The lowest BCUT2D eigenvalue weighted by Gasteiger charge is -2.27. The van der Waals surface area contributed by atoms with Gasteiger partial charge >= 0.3 is 0 Å². The largest absolute Gasteiger partial charge is 0.379 e. The number of hydrogen-bond acceptors (Lipinski definition) is 6. The Morgan fingerprint density at radius 3 is 2.68 bits per heavy atom. The van der Waals surface area contributed by atoms with Crippen molar-refractivity contribution in [3.05, 3.63) is 54.0 Å². The van der Waals surface area contributed by atoms with E-state index in [9.17, 15) is 4.79 Å². The van der Waals surface area contributed by atoms with E-state index in [1.54, 1.807) is 6.07 Å². The van der Waals surface area contributed by atoms with Gasteiger partial charge in [0.1, 0.15) is 17.8 Å². The van der Waals surface area contributed by atoms with E-state index in [1.165, 1.54) is 6.33 Å². The van der Waals surface area contributed by atoms with Crippen molar-refractivity contribution in [3.63, 3.8) is 0 Å². The van der Waals surface area contributed by atoms with Crippen LogP contribution in [0.3, 0.4) is 0 Å². The summed E-state index contributed by atoms with van der Waals surface area (Å²) < 4.78 is 5.37. The molecule has 7 heteroatoms. The zero-order chi connectivity index (χ0) is 19.8. The molecule has 0 bridgehead atoms. The van der Waals surface area contributed by atoms with Gasteiger partial charge in [0.05, 0.1) is 13.2 Å². The van der Waals surface area contributed by atoms with Crippen molar-refractivity contribution < 1.29 is 9.53 Å². The molecule has 1 aliphatic heterocycles. The molecule has 0 atom stereocenters. The number of nitrogens with one attached hydrogen (secondary N) is 1. The average Bonchev–Trinajstić information content (AvgIpc) is 2.73. The molecule has 1 amide bonds. The number of morpholine rings is 1. The molecule has 0 radical (unpaired) electrons. The number of anilines is 1. The number of ether oxygens (including phenoxy) is 1. The third kappa shape index (κ3) is 5.74. The van der Waals surface area contributed by atoms with E-state index < -0.39 is 0 Å². The first-order valence-electron chi connectivity index (χ1n) is 9.84. The molecule has 0 aliphatic carbocycles. The van der Waals surface area contributed by atoms with Crippen molar-refractivity contribution in [3.8, 4) is 0 Å². The van der Waals surface area contributed by atoms with Crippen molar-refractivity contribution in [2.24, 2.45) is 0 Å². The van der Waals surface area contributed by atoms with Crippen LogP contribution in [0.15, 0.2) is 42.7 Å². The Hall–Kier alpha value is -2.51. The van der Waals surface area contributed by atoms with E-state index in [1.807, 2.05) is 49.1 Å². The molecule has 7 nitrogen and oxygen atoms in total. The van der Waals surface area contributed by atoms with Gasteiger partial charge in [0.2, 0.25) is 0 Å². The van der Waals surface area contributed by atoms with E-state index >= 15 is 0 Å². The SMILES string of the molecule is CC(C)N(Cc1ccccc1)C(=O)c1cc(NCCN2CCOCC2)ncn1. The Labute approximate surface area is 166 Å². The van der Waals surface area contributed by atoms with E-state index in [0.717, 1.165) is 45.0 Å². The van der Waals surface area contributed by atoms with Gasteiger partial charge in [-0.05, 0) is 19.4 Å². The van der Waals surface area contributed by atoms with Crippen LogP contribution in [0.5, 0.6) is 0 Å². The standard InChI is InChI=1S/C21H29N5O2/c1-17(2)26(15-18-6-4-3-5-7-18)21(27)19-14-20(24-16-23-19)22-8-9-25-10-12-28-13-11-25/h3-7,14,16-17H,8-13,15H2,1-2H3,(H,22,23,24). The molecular formula is C21H29N5O2. The Morgan fingerprint density at radius 2 is 1.96 bits per heavy atom. The monoisotopic (exact) mass is 383 g/mol. The highest BCUT2D eigenvalue weighted by atomic mass is 16.5. The van der Waals surface area contributed by atoms with Crippen LogP contribution in [0, 0.1) is 0 Å². The molecule has 1 fully saturated rings. The van der Waals surface area contributed by atoms with E-state index in [2.05, 4.69) is 20.2 Å². The van der Waals surface area contributed by atoms with Crippen LogP contribution in [0.1, 0.15) is 29.9 Å². The predicted octanol–water partition coefficient (Wildman–Crippen LogP) is 2.27. The van der Waals surface area contributed by atoms with Gasteiger partial charge in [0.25, 0.3) is 5.91 Å². The second-order valence-electron chi connectivity index (χ2n) is 7.18. The summed E-state index contributed by atoms with van der Waals surface area (Å²) in [7, 11) is 0. The van der Waals surface area contributed by atoms with E-state index in [0.29, 0.717) is 18.1 Å². The van der Waals surface area contributed by atoms with Gasteiger partial charge in [0, 0.05) is 44.8 Å². The molecule has 1 aromatic heterocycles. The number of amides is 1. The van der Waals surface area contributed by atoms with Crippen LogP contribution in [-0.2, 0) is 11.3 Å². The molecule has 1 aliphatic rings. The lowest BCUT2D eigenvalue weighted by atomic mass is 10.1. The first-order valence-corrected chi connectivity index (χ1v) is 9.84. The highest BCUT2D eigenvalue weighted by molar-refractivity contribution is 5.93. The number of nitrogens with zero attached hydrogens (tertiary/aromatic N) is 4. The van der Waals surface area contributed by atoms with Crippen LogP contribution in [0.25, 0.3) is 0 Å². The Morgan fingerprint density at radius 1 is 1.21 bits per heavy atom. The number of benzene rings is 1. The second-order valence-corrected chi connectivity index (χ2v) is 7.18. The Balaban J connectivity index is 1.61. The maximum Gasteiger partial charge on any atom is 0.273 e. The van der Waals surface area contributed by atoms with Crippen molar-refractivity contribution in [1.82, 2.24) is 19.8 Å². The predicted molar refractivity (Wildman–Crippen MR) is 109 cm³/mol. The highest BCUT2D eigenvalue weighted by Gasteiger charge is 2.21. The summed E-state index contributed by atoms with van der Waals surface area (Å²) in [6, 6.07) is 11.8. The van der Waals surface area contributed by atoms with Crippen molar-refractivity contribution in [2.75, 3.05) is 44.7 Å². The number of carbonyl (C=O) groups excluding carboxylic acids is 1. The number of rotatable bonds is 8. The summed E-state index contributed by atoms with van der Waals surface area (Å²) in [5, 5.41) is 3.30. The fraction of sp³-hybridized carbons (Fsp3) is 0.476. The summed E-state index contributed by atoms with van der Waals surface area (Å²) in [5.41, 5.74) is 1.51. The lowest BCUT2D eigenvalue weighted by molar-refractivity contribution is 0.0398. The molecule has 0 saturated carbocycles. The molecule has 0 unspecified atom stereocenters. The molecule has 0 spiro atoms. The fourth-order valence-electron chi connectivity index (χ4n) is 3.15. The van der Waals surface area contributed by atoms with E-state index in [-0.39, 0.29) is 11.9 Å². The minimum Gasteiger partial charge on any atom is -0.379 e. The molecule has 3 rings (SSSR count). The lowest BCUT2D eigenvalue weighted by Crippen LogP contribution is -2.39. The van der Waals surface area contributed by atoms with Gasteiger partial charge in [0.15, 0.2) is 0 Å². The molecule has 1 N–H and O–H groups in total. The van der Waals surface area contributed by atoms with Crippen LogP contribution < -0.4 is 5.32 Å². The third-order valence-electron chi connectivity index (χ3n) is 4.80. The van der Waals surface area contributed by atoms with Gasteiger partial charge in [-0.2, -0.15) is 0 Å². The molecule has 150 valence electrons. The average molecular weight is 383 g/mol. The molecule has 2 heterocycles. The van der Waals surface area contributed by atoms with Crippen LogP contribution >= 0.6 is 0 Å². The minimum absolute atomic E-state index is 0.0698. The van der Waals surface area contributed by atoms with Gasteiger partial charge < -0.3 is 15.0 Å². The maximum absolute atomic E-state index is 13.0. The van der Waals surface area contributed by atoms with Gasteiger partial charge in [-0.25, -0.2) is 9.97 Å². The maximum atomic E-state index is 13.0. The van der Waals surface area contributed by atoms with Crippen LogP contribution in [0.4, 0.5) is 5.82 Å². The molecular weight excluding hydrogens is 354 g/mol. The van der Waals surface area contributed by atoms with Crippen LogP contribution in [0.2, 0.25) is 0 Å². The fourth-order valence-corrected chi connectivity index (χ4v) is 3.15. The summed E-state index contributed by atoms with van der Waals surface area (Å²) in [4.78, 5) is 25.7. The summed E-state index contributed by atoms with van der Waals surface area (Å²) in [6.45, 7) is 9.77. The zero-order valence-corrected chi connectivity index (χ0v) is 16.7. The summed E-state index contributed by atoms with van der Waals surface area (Å²) in [5.74, 6) is 0.590.